The number of hydrogen-bond donors (Lipinski definition) is 1. The molecular formula is C14H11N2O3. The molecule has 0 saturated heterocycles. The number of amides is 2. The lowest BCUT2D eigenvalue weighted by Crippen LogP contribution is -2.20. The van der Waals surface area contributed by atoms with Crippen molar-refractivity contribution in [1.29, 1.82) is 0 Å². The first-order chi connectivity index (χ1) is 9.25. The SMILES string of the molecule is O=C1NC(=O)c2c([CH]CCc3ncco3)cccc21. The highest BCUT2D eigenvalue weighted by molar-refractivity contribution is 6.22. The zero-order chi connectivity index (χ0) is 13.2. The summed E-state index contributed by atoms with van der Waals surface area (Å²) in [6.07, 6.45) is 6.40. The summed E-state index contributed by atoms with van der Waals surface area (Å²) >= 11 is 0. The molecule has 0 aliphatic carbocycles. The van der Waals surface area contributed by atoms with E-state index in [0.29, 0.717) is 29.9 Å². The fourth-order valence-corrected chi connectivity index (χ4v) is 2.14. The first kappa shape index (κ1) is 11.6. The minimum absolute atomic E-state index is 0.331. The van der Waals surface area contributed by atoms with Gasteiger partial charge in [0, 0.05) is 6.42 Å². The molecule has 1 aliphatic rings. The van der Waals surface area contributed by atoms with Crippen LogP contribution in [0.3, 0.4) is 0 Å². The van der Waals surface area contributed by atoms with Crippen molar-refractivity contribution in [2.75, 3.05) is 0 Å². The highest BCUT2D eigenvalue weighted by Gasteiger charge is 2.28. The summed E-state index contributed by atoms with van der Waals surface area (Å²) in [6, 6.07) is 5.25. The lowest BCUT2D eigenvalue weighted by atomic mass is 9.98. The van der Waals surface area contributed by atoms with Gasteiger partial charge in [-0.2, -0.15) is 0 Å². The van der Waals surface area contributed by atoms with Crippen LogP contribution in [0, 0.1) is 6.42 Å². The summed E-state index contributed by atoms with van der Waals surface area (Å²) in [6.45, 7) is 0. The Bertz CT molecular complexity index is 632. The quantitative estimate of drug-likeness (QED) is 0.845. The van der Waals surface area contributed by atoms with Crippen molar-refractivity contribution >= 4 is 11.8 Å². The van der Waals surface area contributed by atoms with E-state index in [1.54, 1.807) is 18.3 Å². The molecule has 95 valence electrons. The van der Waals surface area contributed by atoms with E-state index in [4.69, 9.17) is 4.42 Å². The molecule has 1 N–H and O–H groups in total. The van der Waals surface area contributed by atoms with E-state index in [1.807, 2.05) is 12.5 Å². The Hall–Kier alpha value is -2.43. The number of benzene rings is 1. The Labute approximate surface area is 109 Å². The van der Waals surface area contributed by atoms with E-state index in [0.717, 1.165) is 5.56 Å². The average Bonchev–Trinajstić information content (AvgIpc) is 3.00. The van der Waals surface area contributed by atoms with E-state index in [1.165, 1.54) is 6.26 Å². The topological polar surface area (TPSA) is 72.2 Å². The monoisotopic (exact) mass is 255 g/mol. The third-order valence-electron chi connectivity index (χ3n) is 3.00. The number of aromatic nitrogens is 1. The van der Waals surface area contributed by atoms with Gasteiger partial charge in [-0.1, -0.05) is 12.1 Å². The molecule has 0 unspecified atom stereocenters. The van der Waals surface area contributed by atoms with Crippen LogP contribution in [-0.4, -0.2) is 16.8 Å². The molecule has 0 fully saturated rings. The molecule has 0 atom stereocenters. The number of nitrogens with zero attached hydrogens (tertiary/aromatic N) is 1. The highest BCUT2D eigenvalue weighted by Crippen LogP contribution is 2.22. The van der Waals surface area contributed by atoms with Gasteiger partial charge in [-0.05, 0) is 24.5 Å². The van der Waals surface area contributed by atoms with E-state index in [2.05, 4.69) is 10.3 Å². The number of hydrogen-bond acceptors (Lipinski definition) is 4. The molecule has 0 saturated carbocycles. The predicted molar refractivity (Wildman–Crippen MR) is 66.5 cm³/mol. The Morgan fingerprint density at radius 1 is 1.26 bits per heavy atom. The first-order valence-corrected chi connectivity index (χ1v) is 5.96. The molecule has 2 amide bonds. The second kappa shape index (κ2) is 4.68. The van der Waals surface area contributed by atoms with Gasteiger partial charge in [-0.15, -0.1) is 0 Å². The maximum atomic E-state index is 11.7. The van der Waals surface area contributed by atoms with Gasteiger partial charge in [-0.3, -0.25) is 14.9 Å². The molecule has 5 heteroatoms. The van der Waals surface area contributed by atoms with Crippen LogP contribution in [0.1, 0.15) is 38.6 Å². The number of rotatable bonds is 4. The zero-order valence-electron chi connectivity index (χ0n) is 10.1. The van der Waals surface area contributed by atoms with Gasteiger partial charge >= 0.3 is 0 Å². The third-order valence-corrected chi connectivity index (χ3v) is 3.00. The molecule has 3 rings (SSSR count). The predicted octanol–water partition coefficient (Wildman–Crippen LogP) is 1.74. The molecule has 0 spiro atoms. The van der Waals surface area contributed by atoms with Crippen LogP contribution >= 0.6 is 0 Å². The van der Waals surface area contributed by atoms with Crippen LogP contribution in [-0.2, 0) is 6.42 Å². The van der Waals surface area contributed by atoms with Crippen LogP contribution in [0.5, 0.6) is 0 Å². The second-order valence-corrected chi connectivity index (χ2v) is 4.22. The Morgan fingerprint density at radius 2 is 2.16 bits per heavy atom. The number of imide groups is 1. The summed E-state index contributed by atoms with van der Waals surface area (Å²) in [5.74, 6) is -0.00437. The van der Waals surface area contributed by atoms with Gasteiger partial charge in [0.1, 0.15) is 6.26 Å². The lowest BCUT2D eigenvalue weighted by Gasteiger charge is -2.04. The van der Waals surface area contributed by atoms with Gasteiger partial charge in [0.05, 0.1) is 17.3 Å². The Kier molecular flexibility index (Phi) is 2.87. The number of aryl methyl sites for hydroxylation is 1. The molecule has 1 radical (unpaired) electrons. The van der Waals surface area contributed by atoms with Gasteiger partial charge in [0.15, 0.2) is 5.89 Å². The molecule has 2 aromatic rings. The van der Waals surface area contributed by atoms with Crippen LogP contribution in [0.25, 0.3) is 0 Å². The number of carbonyl (C=O) groups is 2. The molecule has 1 aliphatic heterocycles. The molecule has 1 aromatic heterocycles. The van der Waals surface area contributed by atoms with Crippen LogP contribution in [0.15, 0.2) is 35.1 Å². The van der Waals surface area contributed by atoms with Gasteiger partial charge < -0.3 is 4.42 Å². The van der Waals surface area contributed by atoms with E-state index >= 15 is 0 Å². The Morgan fingerprint density at radius 3 is 2.95 bits per heavy atom. The second-order valence-electron chi connectivity index (χ2n) is 4.22. The summed E-state index contributed by atoms with van der Waals surface area (Å²) in [7, 11) is 0. The maximum Gasteiger partial charge on any atom is 0.259 e. The minimum atomic E-state index is -0.331. The lowest BCUT2D eigenvalue weighted by molar-refractivity contribution is 0.0879. The fraction of sp³-hybridized carbons (Fsp3) is 0.143. The van der Waals surface area contributed by atoms with Gasteiger partial charge in [0.25, 0.3) is 11.8 Å². The summed E-state index contributed by atoms with van der Waals surface area (Å²) < 4.78 is 5.14. The smallest absolute Gasteiger partial charge is 0.259 e. The molecule has 2 heterocycles. The van der Waals surface area contributed by atoms with Crippen LogP contribution < -0.4 is 5.32 Å². The van der Waals surface area contributed by atoms with E-state index in [9.17, 15) is 9.59 Å². The largest absolute Gasteiger partial charge is 0.449 e. The van der Waals surface area contributed by atoms with Crippen LogP contribution in [0.4, 0.5) is 0 Å². The Balaban J connectivity index is 1.75. The minimum Gasteiger partial charge on any atom is -0.449 e. The molecule has 5 nitrogen and oxygen atoms in total. The summed E-state index contributed by atoms with van der Waals surface area (Å²) in [5.41, 5.74) is 1.67. The van der Waals surface area contributed by atoms with Crippen molar-refractivity contribution in [2.45, 2.75) is 12.8 Å². The molecule has 1 aromatic carbocycles. The summed E-state index contributed by atoms with van der Waals surface area (Å²) in [4.78, 5) is 27.3. The van der Waals surface area contributed by atoms with E-state index < -0.39 is 0 Å². The van der Waals surface area contributed by atoms with Crippen molar-refractivity contribution in [3.8, 4) is 0 Å². The third kappa shape index (κ3) is 2.14. The van der Waals surface area contributed by atoms with Crippen molar-refractivity contribution < 1.29 is 14.0 Å². The van der Waals surface area contributed by atoms with Gasteiger partial charge in [0.2, 0.25) is 0 Å². The van der Waals surface area contributed by atoms with Crippen molar-refractivity contribution in [2.24, 2.45) is 0 Å². The molecule has 0 bridgehead atoms. The van der Waals surface area contributed by atoms with Crippen molar-refractivity contribution in [3.05, 3.63) is 59.7 Å². The van der Waals surface area contributed by atoms with Gasteiger partial charge in [-0.25, -0.2) is 4.98 Å². The first-order valence-electron chi connectivity index (χ1n) is 5.96. The number of oxazole rings is 1. The zero-order valence-corrected chi connectivity index (χ0v) is 10.1. The van der Waals surface area contributed by atoms with Crippen LogP contribution in [0.2, 0.25) is 0 Å². The van der Waals surface area contributed by atoms with E-state index in [-0.39, 0.29) is 11.8 Å². The fourth-order valence-electron chi connectivity index (χ4n) is 2.14. The molecular weight excluding hydrogens is 244 g/mol. The van der Waals surface area contributed by atoms with Crippen molar-refractivity contribution in [1.82, 2.24) is 10.3 Å². The normalized spacial score (nSPS) is 13.5. The molecule has 19 heavy (non-hydrogen) atoms. The average molecular weight is 255 g/mol. The highest BCUT2D eigenvalue weighted by atomic mass is 16.3. The number of carbonyl (C=O) groups excluding carboxylic acids is 2. The number of nitrogens with one attached hydrogen (secondary N) is 1. The maximum absolute atomic E-state index is 11.7. The standard InChI is InChI=1S/C14H11N2O3/c17-13-10-5-1-3-9(12(10)14(18)16-13)4-2-6-11-15-7-8-19-11/h1,3-5,7-8H,2,6H2,(H,16,17,18). The number of fused-ring (bicyclic) bond motifs is 1. The summed E-state index contributed by atoms with van der Waals surface area (Å²) in [5, 5.41) is 2.30. The van der Waals surface area contributed by atoms with Crippen molar-refractivity contribution in [3.63, 3.8) is 0 Å².